The highest BCUT2D eigenvalue weighted by Gasteiger charge is 2.41. The smallest absolute Gasteiger partial charge is 0.326 e. The van der Waals surface area contributed by atoms with Gasteiger partial charge in [-0.2, -0.15) is 0 Å². The highest BCUT2D eigenvalue weighted by Crippen LogP contribution is 2.40. The van der Waals surface area contributed by atoms with Crippen molar-refractivity contribution in [3.63, 3.8) is 0 Å². The molecule has 1 fully saturated rings. The Kier molecular flexibility index (Phi) is 8.17. The molecule has 5 rings (SSSR count). The van der Waals surface area contributed by atoms with Gasteiger partial charge >= 0.3 is 5.97 Å². The van der Waals surface area contributed by atoms with Crippen LogP contribution in [0.4, 0.5) is 0 Å². The van der Waals surface area contributed by atoms with Crippen LogP contribution in [0.2, 0.25) is 0 Å². The number of methoxy groups -OCH3 is 1. The summed E-state index contributed by atoms with van der Waals surface area (Å²) in [5.41, 5.74) is 3.32. The summed E-state index contributed by atoms with van der Waals surface area (Å²) >= 11 is 0. The number of benzene rings is 3. The monoisotopic (exact) mass is 529 g/mol. The Labute approximate surface area is 229 Å². The summed E-state index contributed by atoms with van der Waals surface area (Å²) in [4.78, 5) is 28.1. The minimum absolute atomic E-state index is 0.0400. The molecule has 2 unspecified atom stereocenters. The Hall–Kier alpha value is -3.84. The number of fused-ring (bicyclic) bond motifs is 1. The van der Waals surface area contributed by atoms with Gasteiger partial charge in [-0.15, -0.1) is 0 Å². The maximum absolute atomic E-state index is 14.1. The van der Waals surface area contributed by atoms with Crippen LogP contribution in [0.3, 0.4) is 0 Å². The molecule has 0 radical (unpaired) electrons. The molecule has 2 aliphatic rings. The summed E-state index contributed by atoms with van der Waals surface area (Å²) in [6.45, 7) is 2.60. The van der Waals surface area contributed by atoms with Crippen LogP contribution in [-0.4, -0.2) is 41.1 Å². The molecule has 39 heavy (non-hydrogen) atoms. The van der Waals surface area contributed by atoms with E-state index in [4.69, 9.17) is 14.2 Å². The zero-order chi connectivity index (χ0) is 27.4. The Bertz CT molecular complexity index is 1290. The maximum Gasteiger partial charge on any atom is 0.326 e. The van der Waals surface area contributed by atoms with Crippen molar-refractivity contribution in [1.82, 2.24) is 4.90 Å². The van der Waals surface area contributed by atoms with Crippen LogP contribution < -0.4 is 9.47 Å². The second-order valence-electron chi connectivity index (χ2n) is 10.4. The zero-order valence-electron chi connectivity index (χ0n) is 22.4. The molecule has 0 aromatic heterocycles. The number of ether oxygens (including phenoxy) is 3. The minimum atomic E-state index is -1.06. The van der Waals surface area contributed by atoms with E-state index in [1.165, 1.54) is 4.90 Å². The first-order valence-electron chi connectivity index (χ1n) is 13.6. The Morgan fingerprint density at radius 1 is 1.00 bits per heavy atom. The largest absolute Gasteiger partial charge is 0.493 e. The van der Waals surface area contributed by atoms with E-state index >= 15 is 0 Å². The molecule has 1 saturated carbocycles. The van der Waals surface area contributed by atoms with Crippen molar-refractivity contribution >= 4 is 11.9 Å². The second-order valence-corrected chi connectivity index (χ2v) is 10.4. The van der Waals surface area contributed by atoms with E-state index in [-0.39, 0.29) is 25.0 Å². The van der Waals surface area contributed by atoms with E-state index in [0.717, 1.165) is 41.5 Å². The lowest BCUT2D eigenvalue weighted by Crippen LogP contribution is -2.51. The number of hydrogen-bond donors (Lipinski definition) is 1. The van der Waals surface area contributed by atoms with Crippen molar-refractivity contribution in [2.45, 2.75) is 64.0 Å². The molecule has 1 heterocycles. The number of rotatable bonds is 9. The second kappa shape index (κ2) is 11.9. The Morgan fingerprint density at radius 2 is 1.72 bits per heavy atom. The number of nitrogens with zero attached hydrogens (tertiary/aromatic N) is 1. The highest BCUT2D eigenvalue weighted by atomic mass is 16.5. The molecular formula is C32H35NO6. The lowest BCUT2D eigenvalue weighted by molar-refractivity contribution is -0.161. The normalized spacial score (nSPS) is 21.2. The molecule has 1 aliphatic heterocycles. The average Bonchev–Trinajstić information content (AvgIpc) is 3.38. The van der Waals surface area contributed by atoms with Crippen LogP contribution in [0.25, 0.3) is 0 Å². The number of carboxylic acid groups (broad SMARTS) is 1. The third kappa shape index (κ3) is 5.78. The van der Waals surface area contributed by atoms with Crippen LogP contribution in [0.5, 0.6) is 11.5 Å². The summed E-state index contributed by atoms with van der Waals surface area (Å²) in [5, 5.41) is 10.3. The van der Waals surface area contributed by atoms with Crippen LogP contribution in [0.15, 0.2) is 72.8 Å². The quantitative estimate of drug-likeness (QED) is 0.391. The molecule has 204 valence electrons. The molecule has 1 aliphatic carbocycles. The molecule has 7 heteroatoms. The molecule has 0 saturated heterocycles. The number of carboxylic acids is 1. The van der Waals surface area contributed by atoms with E-state index in [9.17, 15) is 14.7 Å². The molecule has 0 bridgehead atoms. The summed E-state index contributed by atoms with van der Waals surface area (Å²) < 4.78 is 18.2. The Morgan fingerprint density at radius 3 is 2.36 bits per heavy atom. The summed E-state index contributed by atoms with van der Waals surface area (Å²) in [7, 11) is 1.57. The number of carbonyl (C=O) groups excluding carboxylic acids is 1. The zero-order valence-corrected chi connectivity index (χ0v) is 22.4. The SMILES string of the molecule is COc1ccc2c(c1OCc1ccccc1)C[C@@H](C(=O)O)N(C(=O)[C@H](OC1CCCC1C)c1ccccc1)C2. The van der Waals surface area contributed by atoms with Gasteiger partial charge in [-0.25, -0.2) is 4.79 Å². The predicted molar refractivity (Wildman–Crippen MR) is 147 cm³/mol. The molecule has 4 atom stereocenters. The van der Waals surface area contributed by atoms with Gasteiger partial charge in [0.25, 0.3) is 5.91 Å². The van der Waals surface area contributed by atoms with Crippen LogP contribution in [0, 0.1) is 5.92 Å². The highest BCUT2D eigenvalue weighted by molar-refractivity contribution is 5.88. The summed E-state index contributed by atoms with van der Waals surface area (Å²) in [6, 6.07) is 21.8. The first-order valence-corrected chi connectivity index (χ1v) is 13.6. The summed E-state index contributed by atoms with van der Waals surface area (Å²) in [6.07, 6.45) is 2.21. The van der Waals surface area contributed by atoms with Crippen molar-refractivity contribution in [2.75, 3.05) is 7.11 Å². The number of aliphatic carboxylic acids is 1. The van der Waals surface area contributed by atoms with Crippen molar-refractivity contribution in [3.05, 3.63) is 95.1 Å². The molecule has 7 nitrogen and oxygen atoms in total. The van der Waals surface area contributed by atoms with E-state index in [2.05, 4.69) is 6.92 Å². The summed E-state index contributed by atoms with van der Waals surface area (Å²) in [5.74, 6) is 0.00750. The fraction of sp³-hybridized carbons (Fsp3) is 0.375. The molecule has 3 aromatic rings. The fourth-order valence-corrected chi connectivity index (χ4v) is 5.66. The topological polar surface area (TPSA) is 85.3 Å². The van der Waals surface area contributed by atoms with E-state index in [1.807, 2.05) is 72.8 Å². The molecular weight excluding hydrogens is 494 g/mol. The van der Waals surface area contributed by atoms with Crippen LogP contribution in [0.1, 0.15) is 54.5 Å². The van der Waals surface area contributed by atoms with Gasteiger partial charge in [-0.3, -0.25) is 4.79 Å². The van der Waals surface area contributed by atoms with Gasteiger partial charge in [0.1, 0.15) is 12.6 Å². The van der Waals surface area contributed by atoms with Crippen LogP contribution >= 0.6 is 0 Å². The maximum atomic E-state index is 14.1. The van der Waals surface area contributed by atoms with Gasteiger partial charge in [0.15, 0.2) is 17.6 Å². The molecule has 3 aromatic carbocycles. The molecule has 1 amide bonds. The fourth-order valence-electron chi connectivity index (χ4n) is 5.66. The van der Waals surface area contributed by atoms with E-state index < -0.39 is 18.1 Å². The van der Waals surface area contributed by atoms with Crippen molar-refractivity contribution in [2.24, 2.45) is 5.92 Å². The van der Waals surface area contributed by atoms with Gasteiger partial charge < -0.3 is 24.2 Å². The Balaban J connectivity index is 1.46. The molecule has 1 N–H and O–H groups in total. The number of carbonyl (C=O) groups is 2. The van der Waals surface area contributed by atoms with Crippen molar-refractivity contribution in [3.8, 4) is 11.5 Å². The lowest BCUT2D eigenvalue weighted by atomic mass is 9.91. The first kappa shape index (κ1) is 26.8. The molecule has 0 spiro atoms. The van der Waals surface area contributed by atoms with Gasteiger partial charge in [-0.1, -0.05) is 80.1 Å². The number of hydrogen-bond acceptors (Lipinski definition) is 5. The average molecular weight is 530 g/mol. The van der Waals surface area contributed by atoms with Crippen LogP contribution in [-0.2, 0) is 33.9 Å². The number of amides is 1. The predicted octanol–water partition coefficient (Wildman–Crippen LogP) is 5.56. The lowest BCUT2D eigenvalue weighted by Gasteiger charge is -2.38. The third-order valence-corrected chi connectivity index (χ3v) is 7.87. The van der Waals surface area contributed by atoms with E-state index in [0.29, 0.717) is 24.0 Å². The standard InChI is InChI=1S/C32H35NO6/c1-21-10-9-15-27(21)39-29(23-13-7-4-8-14-23)31(34)33-19-24-16-17-28(37-2)30(25(24)18-26(33)32(35)36)38-20-22-11-5-3-6-12-22/h3-8,11-14,16-17,21,26-27,29H,9-10,15,18-20H2,1-2H3,(H,35,36)/t21?,26-,27?,29+/m0/s1. The first-order chi connectivity index (χ1) is 19.0. The van der Waals surface area contributed by atoms with Gasteiger partial charge in [0.05, 0.1) is 13.2 Å². The van der Waals surface area contributed by atoms with Gasteiger partial charge in [0, 0.05) is 18.5 Å². The van der Waals surface area contributed by atoms with Crippen molar-refractivity contribution in [1.29, 1.82) is 0 Å². The minimum Gasteiger partial charge on any atom is -0.493 e. The van der Waals surface area contributed by atoms with Gasteiger partial charge in [-0.05, 0) is 41.5 Å². The third-order valence-electron chi connectivity index (χ3n) is 7.87. The van der Waals surface area contributed by atoms with Crippen molar-refractivity contribution < 1.29 is 28.9 Å². The van der Waals surface area contributed by atoms with Gasteiger partial charge in [0.2, 0.25) is 0 Å². The van der Waals surface area contributed by atoms with E-state index in [1.54, 1.807) is 7.11 Å².